The minimum absolute atomic E-state index is 0.190. The molecule has 2 aromatic carbocycles. The molecule has 4 aromatic rings. The number of aryl methyl sites for hydroxylation is 1. The van der Waals surface area contributed by atoms with Gasteiger partial charge in [-0.2, -0.15) is 0 Å². The molecular formula is C29H31FN4O7. The molecule has 0 saturated heterocycles. The quantitative estimate of drug-likeness (QED) is 0.188. The SMILES string of the molecule is Fc1cccc(CN(CCCn2ccnc2)Cc2ccnc3ccccc23)c1.O=C(O)CC(O)(CC(=O)O)C(=O)O. The Hall–Kier alpha value is -4.68. The first-order chi connectivity index (χ1) is 19.6. The number of carboxylic acids is 3. The van der Waals surface area contributed by atoms with Gasteiger partial charge in [0.25, 0.3) is 0 Å². The molecule has 2 aromatic heterocycles. The molecule has 0 atom stereocenters. The summed E-state index contributed by atoms with van der Waals surface area (Å²) >= 11 is 0. The van der Waals surface area contributed by atoms with Crippen molar-refractivity contribution in [1.29, 1.82) is 0 Å². The second kappa shape index (κ2) is 14.6. The third kappa shape index (κ3) is 9.78. The van der Waals surface area contributed by atoms with E-state index in [1.54, 1.807) is 18.3 Å². The van der Waals surface area contributed by atoms with Crippen molar-refractivity contribution in [2.45, 2.75) is 44.5 Å². The van der Waals surface area contributed by atoms with Gasteiger partial charge in [-0.05, 0) is 41.8 Å². The molecule has 2 heterocycles. The molecular weight excluding hydrogens is 535 g/mol. The van der Waals surface area contributed by atoms with Gasteiger partial charge < -0.3 is 25.0 Å². The van der Waals surface area contributed by atoms with Crippen molar-refractivity contribution in [1.82, 2.24) is 19.4 Å². The van der Waals surface area contributed by atoms with Gasteiger partial charge in [0.1, 0.15) is 5.82 Å². The highest BCUT2D eigenvalue weighted by molar-refractivity contribution is 5.88. The molecule has 0 amide bonds. The zero-order chi connectivity index (χ0) is 29.8. The van der Waals surface area contributed by atoms with Crippen LogP contribution in [0.4, 0.5) is 4.39 Å². The second-order valence-corrected chi connectivity index (χ2v) is 9.46. The van der Waals surface area contributed by atoms with Gasteiger partial charge in [0.05, 0.1) is 24.7 Å². The smallest absolute Gasteiger partial charge is 0.336 e. The van der Waals surface area contributed by atoms with Crippen LogP contribution in [0.1, 0.15) is 30.4 Å². The number of aliphatic hydroxyl groups is 1. The van der Waals surface area contributed by atoms with Crippen LogP contribution in [0.15, 0.2) is 79.5 Å². The number of carboxylic acid groups (broad SMARTS) is 3. The van der Waals surface area contributed by atoms with Crippen LogP contribution in [-0.2, 0) is 34.0 Å². The maximum atomic E-state index is 13.7. The van der Waals surface area contributed by atoms with Crippen molar-refractivity contribution in [3.63, 3.8) is 0 Å². The number of nitrogens with zero attached hydrogens (tertiary/aromatic N) is 4. The molecule has 0 radical (unpaired) electrons. The first kappa shape index (κ1) is 30.9. The fraction of sp³-hybridized carbons (Fsp3) is 0.276. The number of aliphatic carboxylic acids is 3. The van der Waals surface area contributed by atoms with Crippen molar-refractivity contribution in [2.24, 2.45) is 0 Å². The Bertz CT molecular complexity index is 1440. The molecule has 0 saturated carbocycles. The van der Waals surface area contributed by atoms with Crippen molar-refractivity contribution in [3.8, 4) is 0 Å². The summed E-state index contributed by atoms with van der Waals surface area (Å²) in [5, 5.41) is 35.0. The highest BCUT2D eigenvalue weighted by atomic mass is 19.1. The first-order valence-electron chi connectivity index (χ1n) is 12.7. The van der Waals surface area contributed by atoms with Gasteiger partial charge >= 0.3 is 17.9 Å². The standard InChI is InChI=1S/C23H23FN4.C6H8O7/c24-21-6-3-5-19(15-21)16-28(13-4-12-27-14-11-25-18-27)17-20-9-10-26-23-8-2-1-7-22(20)23;7-3(8)1-6(13,5(11)12)2-4(9)10/h1-3,5-11,14-15,18H,4,12-13,16-17H2;13H,1-2H2,(H,7,8)(H,9,10)(H,11,12). The molecule has 0 unspecified atom stereocenters. The van der Waals surface area contributed by atoms with Crippen LogP contribution < -0.4 is 0 Å². The number of pyridine rings is 1. The van der Waals surface area contributed by atoms with Crippen molar-refractivity contribution >= 4 is 28.8 Å². The Morgan fingerprint density at radius 3 is 2.29 bits per heavy atom. The number of benzene rings is 2. The summed E-state index contributed by atoms with van der Waals surface area (Å²) in [7, 11) is 0. The van der Waals surface area contributed by atoms with Crippen molar-refractivity contribution < 1.29 is 39.2 Å². The molecule has 11 nitrogen and oxygen atoms in total. The normalized spacial score (nSPS) is 11.2. The third-order valence-corrected chi connectivity index (χ3v) is 6.16. The Labute approximate surface area is 235 Å². The van der Waals surface area contributed by atoms with Gasteiger partial charge in [-0.3, -0.25) is 19.5 Å². The van der Waals surface area contributed by atoms with Crippen LogP contribution in [0.25, 0.3) is 10.9 Å². The lowest BCUT2D eigenvalue weighted by molar-refractivity contribution is -0.170. The molecule has 41 heavy (non-hydrogen) atoms. The highest BCUT2D eigenvalue weighted by Crippen LogP contribution is 2.20. The average Bonchev–Trinajstić information content (AvgIpc) is 3.42. The molecule has 4 N–H and O–H groups in total. The van der Waals surface area contributed by atoms with E-state index in [1.807, 2.05) is 43.0 Å². The maximum absolute atomic E-state index is 13.7. The number of fused-ring (bicyclic) bond motifs is 1. The lowest BCUT2D eigenvalue weighted by Crippen LogP contribution is -2.42. The van der Waals surface area contributed by atoms with Crippen LogP contribution in [-0.4, -0.2) is 69.9 Å². The minimum atomic E-state index is -2.74. The number of halogens is 1. The summed E-state index contributed by atoms with van der Waals surface area (Å²) in [5.41, 5.74) is 0.493. The topological polar surface area (TPSA) is 166 Å². The molecule has 216 valence electrons. The van der Waals surface area contributed by atoms with Gasteiger partial charge in [0, 0.05) is 50.2 Å². The monoisotopic (exact) mass is 566 g/mol. The maximum Gasteiger partial charge on any atom is 0.336 e. The van der Waals surface area contributed by atoms with E-state index in [0.717, 1.165) is 37.1 Å². The molecule has 12 heteroatoms. The predicted molar refractivity (Wildman–Crippen MR) is 146 cm³/mol. The van der Waals surface area contributed by atoms with E-state index >= 15 is 0 Å². The summed E-state index contributed by atoms with van der Waals surface area (Å²) < 4.78 is 15.7. The molecule has 0 aliphatic carbocycles. The van der Waals surface area contributed by atoms with E-state index in [0.29, 0.717) is 6.54 Å². The summed E-state index contributed by atoms with van der Waals surface area (Å²) in [6, 6.07) is 17.1. The number of rotatable bonds is 13. The predicted octanol–water partition coefficient (Wildman–Crippen LogP) is 3.41. The van der Waals surface area contributed by atoms with E-state index in [4.69, 9.17) is 20.4 Å². The fourth-order valence-corrected chi connectivity index (χ4v) is 4.25. The van der Waals surface area contributed by atoms with Crippen LogP contribution in [0.5, 0.6) is 0 Å². The Morgan fingerprint density at radius 2 is 1.66 bits per heavy atom. The lowest BCUT2D eigenvalue weighted by Gasteiger charge is -2.23. The Kier molecular flexibility index (Phi) is 11.0. The fourth-order valence-electron chi connectivity index (χ4n) is 4.25. The van der Waals surface area contributed by atoms with Crippen molar-refractivity contribution in [2.75, 3.05) is 6.54 Å². The zero-order valence-electron chi connectivity index (χ0n) is 22.1. The van der Waals surface area contributed by atoms with Gasteiger partial charge in [0.15, 0.2) is 5.60 Å². The van der Waals surface area contributed by atoms with E-state index in [2.05, 4.69) is 31.6 Å². The van der Waals surface area contributed by atoms with Crippen LogP contribution in [0.3, 0.4) is 0 Å². The van der Waals surface area contributed by atoms with Gasteiger partial charge in [-0.25, -0.2) is 14.2 Å². The second-order valence-electron chi connectivity index (χ2n) is 9.46. The Balaban J connectivity index is 0.000000302. The van der Waals surface area contributed by atoms with E-state index < -0.39 is 36.4 Å². The Morgan fingerprint density at radius 1 is 0.927 bits per heavy atom. The van der Waals surface area contributed by atoms with E-state index in [9.17, 15) is 18.8 Å². The molecule has 0 aliphatic heterocycles. The van der Waals surface area contributed by atoms with Crippen LogP contribution >= 0.6 is 0 Å². The zero-order valence-corrected chi connectivity index (χ0v) is 22.1. The molecule has 0 aliphatic rings. The van der Waals surface area contributed by atoms with Crippen molar-refractivity contribution in [3.05, 3.63) is 96.5 Å². The van der Waals surface area contributed by atoms with E-state index in [-0.39, 0.29) is 5.82 Å². The summed E-state index contributed by atoms with van der Waals surface area (Å²) in [6.45, 7) is 3.32. The number of hydrogen-bond acceptors (Lipinski definition) is 7. The summed E-state index contributed by atoms with van der Waals surface area (Å²) in [5.74, 6) is -5.21. The molecule has 0 fully saturated rings. The van der Waals surface area contributed by atoms with Crippen LogP contribution in [0.2, 0.25) is 0 Å². The number of para-hydroxylation sites is 1. The van der Waals surface area contributed by atoms with Crippen LogP contribution in [0, 0.1) is 5.82 Å². The summed E-state index contributed by atoms with van der Waals surface area (Å²) in [6.07, 6.45) is 6.19. The number of imidazole rings is 1. The van der Waals surface area contributed by atoms with E-state index in [1.165, 1.54) is 17.0 Å². The average molecular weight is 567 g/mol. The highest BCUT2D eigenvalue weighted by Gasteiger charge is 2.40. The van der Waals surface area contributed by atoms with Gasteiger partial charge in [-0.1, -0.05) is 30.3 Å². The number of aromatic nitrogens is 3. The lowest BCUT2D eigenvalue weighted by atomic mass is 9.96. The number of hydrogen-bond donors (Lipinski definition) is 4. The third-order valence-electron chi connectivity index (χ3n) is 6.16. The molecule has 4 rings (SSSR count). The molecule has 0 bridgehead atoms. The first-order valence-corrected chi connectivity index (χ1v) is 12.7. The van der Waals surface area contributed by atoms with Gasteiger partial charge in [-0.15, -0.1) is 0 Å². The minimum Gasteiger partial charge on any atom is -0.481 e. The molecule has 0 spiro atoms. The largest absolute Gasteiger partial charge is 0.481 e. The number of carbonyl (C=O) groups is 3. The van der Waals surface area contributed by atoms with Gasteiger partial charge in [0.2, 0.25) is 0 Å². The summed E-state index contributed by atoms with van der Waals surface area (Å²) in [4.78, 5) is 41.4.